The predicted octanol–water partition coefficient (Wildman–Crippen LogP) is 2.68. The molecule has 2 heterocycles. The SMILES string of the molecule is CCOc1cccc2c1C(OCC)CC1(CCNC1)O2. The molecule has 0 amide bonds. The Bertz CT molecular complexity index is 469. The van der Waals surface area contributed by atoms with Gasteiger partial charge < -0.3 is 19.5 Å². The Morgan fingerprint density at radius 2 is 2.25 bits per heavy atom. The van der Waals surface area contributed by atoms with Gasteiger partial charge in [-0.25, -0.2) is 0 Å². The van der Waals surface area contributed by atoms with Crippen molar-refractivity contribution < 1.29 is 14.2 Å². The van der Waals surface area contributed by atoms with Gasteiger partial charge in [-0.3, -0.25) is 0 Å². The van der Waals surface area contributed by atoms with E-state index in [9.17, 15) is 0 Å². The molecule has 1 spiro atoms. The van der Waals surface area contributed by atoms with Crippen LogP contribution >= 0.6 is 0 Å². The van der Waals surface area contributed by atoms with Crippen molar-refractivity contribution in [2.24, 2.45) is 0 Å². The fraction of sp³-hybridized carbons (Fsp3) is 0.625. The van der Waals surface area contributed by atoms with Crippen molar-refractivity contribution in [1.82, 2.24) is 5.32 Å². The topological polar surface area (TPSA) is 39.7 Å². The molecule has 110 valence electrons. The number of hydrogen-bond donors (Lipinski definition) is 1. The second-order valence-corrected chi connectivity index (χ2v) is 5.46. The van der Waals surface area contributed by atoms with Gasteiger partial charge in [0.1, 0.15) is 17.1 Å². The minimum atomic E-state index is -0.113. The van der Waals surface area contributed by atoms with E-state index in [2.05, 4.69) is 5.32 Å². The summed E-state index contributed by atoms with van der Waals surface area (Å²) in [5, 5.41) is 3.40. The molecule has 1 fully saturated rings. The zero-order valence-electron chi connectivity index (χ0n) is 12.3. The Morgan fingerprint density at radius 1 is 1.35 bits per heavy atom. The number of hydrogen-bond acceptors (Lipinski definition) is 4. The van der Waals surface area contributed by atoms with Gasteiger partial charge in [0, 0.05) is 26.0 Å². The van der Waals surface area contributed by atoms with Crippen LogP contribution in [0.4, 0.5) is 0 Å². The first-order valence-electron chi connectivity index (χ1n) is 7.55. The van der Waals surface area contributed by atoms with Gasteiger partial charge in [0.05, 0.1) is 18.3 Å². The summed E-state index contributed by atoms with van der Waals surface area (Å²) in [6, 6.07) is 6.03. The standard InChI is InChI=1S/C16H23NO3/c1-3-18-12-6-5-7-13-15(12)14(19-4-2)10-16(20-13)8-9-17-11-16/h5-7,14,17H,3-4,8-11H2,1-2H3. The summed E-state index contributed by atoms with van der Waals surface area (Å²) in [6.07, 6.45) is 1.99. The fourth-order valence-electron chi connectivity index (χ4n) is 3.25. The predicted molar refractivity (Wildman–Crippen MR) is 77.4 cm³/mol. The van der Waals surface area contributed by atoms with Gasteiger partial charge in [-0.05, 0) is 32.5 Å². The quantitative estimate of drug-likeness (QED) is 0.918. The van der Waals surface area contributed by atoms with Crippen LogP contribution in [0.25, 0.3) is 0 Å². The van der Waals surface area contributed by atoms with Crippen molar-refractivity contribution in [1.29, 1.82) is 0 Å². The Morgan fingerprint density at radius 3 is 2.95 bits per heavy atom. The fourth-order valence-corrected chi connectivity index (χ4v) is 3.25. The summed E-state index contributed by atoms with van der Waals surface area (Å²) in [5.74, 6) is 1.81. The second kappa shape index (κ2) is 5.62. The Kier molecular flexibility index (Phi) is 3.85. The van der Waals surface area contributed by atoms with Gasteiger partial charge >= 0.3 is 0 Å². The molecule has 2 atom stereocenters. The van der Waals surface area contributed by atoms with Crippen LogP contribution in [0.2, 0.25) is 0 Å². The summed E-state index contributed by atoms with van der Waals surface area (Å²) >= 11 is 0. The van der Waals surface area contributed by atoms with Crippen LogP contribution in [0.3, 0.4) is 0 Å². The molecule has 2 aliphatic heterocycles. The highest BCUT2D eigenvalue weighted by Gasteiger charge is 2.44. The maximum atomic E-state index is 6.32. The average molecular weight is 277 g/mol. The number of ether oxygens (including phenoxy) is 3. The molecule has 0 aromatic heterocycles. The number of benzene rings is 1. The minimum Gasteiger partial charge on any atom is -0.493 e. The van der Waals surface area contributed by atoms with E-state index in [-0.39, 0.29) is 11.7 Å². The molecule has 20 heavy (non-hydrogen) atoms. The molecule has 1 aromatic carbocycles. The van der Waals surface area contributed by atoms with Gasteiger partial charge in [0.25, 0.3) is 0 Å². The molecular formula is C16H23NO3. The number of rotatable bonds is 4. The number of nitrogens with one attached hydrogen (secondary N) is 1. The van der Waals surface area contributed by atoms with Crippen molar-refractivity contribution in [3.05, 3.63) is 23.8 Å². The van der Waals surface area contributed by atoms with Gasteiger partial charge in [-0.2, -0.15) is 0 Å². The van der Waals surface area contributed by atoms with Crippen molar-refractivity contribution in [2.45, 2.75) is 38.4 Å². The molecule has 4 heteroatoms. The lowest BCUT2D eigenvalue weighted by atomic mass is 9.87. The molecule has 2 aliphatic rings. The normalized spacial score (nSPS) is 28.2. The van der Waals surface area contributed by atoms with Crippen LogP contribution in [-0.2, 0) is 4.74 Å². The average Bonchev–Trinajstić information content (AvgIpc) is 2.87. The molecule has 4 nitrogen and oxygen atoms in total. The maximum absolute atomic E-state index is 6.32. The highest BCUT2D eigenvalue weighted by molar-refractivity contribution is 5.48. The van der Waals surface area contributed by atoms with E-state index >= 15 is 0 Å². The molecule has 3 rings (SSSR count). The van der Waals surface area contributed by atoms with E-state index in [4.69, 9.17) is 14.2 Å². The maximum Gasteiger partial charge on any atom is 0.129 e. The molecular weight excluding hydrogens is 254 g/mol. The first kappa shape index (κ1) is 13.7. The molecule has 2 unspecified atom stereocenters. The zero-order valence-corrected chi connectivity index (χ0v) is 12.3. The van der Waals surface area contributed by atoms with E-state index < -0.39 is 0 Å². The molecule has 0 aliphatic carbocycles. The molecule has 1 N–H and O–H groups in total. The summed E-state index contributed by atoms with van der Waals surface area (Å²) in [6.45, 7) is 7.31. The van der Waals surface area contributed by atoms with E-state index in [1.54, 1.807) is 0 Å². The Hall–Kier alpha value is -1.26. The number of fused-ring (bicyclic) bond motifs is 1. The van der Waals surface area contributed by atoms with Gasteiger partial charge in [-0.15, -0.1) is 0 Å². The largest absolute Gasteiger partial charge is 0.493 e. The third-order valence-corrected chi connectivity index (χ3v) is 4.10. The first-order valence-corrected chi connectivity index (χ1v) is 7.55. The Labute approximate surface area is 120 Å². The monoisotopic (exact) mass is 277 g/mol. The van der Waals surface area contributed by atoms with Crippen LogP contribution in [0, 0.1) is 0 Å². The lowest BCUT2D eigenvalue weighted by Crippen LogP contribution is -2.43. The van der Waals surface area contributed by atoms with Crippen molar-refractivity contribution in [2.75, 3.05) is 26.3 Å². The van der Waals surface area contributed by atoms with Crippen LogP contribution < -0.4 is 14.8 Å². The minimum absolute atomic E-state index is 0.0615. The third kappa shape index (κ3) is 2.38. The summed E-state index contributed by atoms with van der Waals surface area (Å²) in [5.41, 5.74) is 0.964. The van der Waals surface area contributed by atoms with Crippen LogP contribution in [-0.4, -0.2) is 31.9 Å². The van der Waals surface area contributed by atoms with E-state index in [1.165, 1.54) is 0 Å². The van der Waals surface area contributed by atoms with E-state index in [0.717, 1.165) is 43.0 Å². The lowest BCUT2D eigenvalue weighted by molar-refractivity contribution is -0.0368. The Balaban J connectivity index is 1.98. The van der Waals surface area contributed by atoms with Crippen LogP contribution in [0.5, 0.6) is 11.5 Å². The van der Waals surface area contributed by atoms with Gasteiger partial charge in [0.15, 0.2) is 0 Å². The van der Waals surface area contributed by atoms with Crippen molar-refractivity contribution >= 4 is 0 Å². The second-order valence-electron chi connectivity index (χ2n) is 5.46. The molecule has 1 aromatic rings. The highest BCUT2D eigenvalue weighted by atomic mass is 16.5. The summed E-state index contributed by atoms with van der Waals surface area (Å²) < 4.78 is 18.1. The van der Waals surface area contributed by atoms with Crippen molar-refractivity contribution in [3.63, 3.8) is 0 Å². The van der Waals surface area contributed by atoms with Crippen molar-refractivity contribution in [3.8, 4) is 11.5 Å². The zero-order chi connectivity index (χ0) is 14.0. The third-order valence-electron chi connectivity index (χ3n) is 4.10. The molecule has 0 radical (unpaired) electrons. The van der Waals surface area contributed by atoms with Gasteiger partial charge in [-0.1, -0.05) is 6.07 Å². The molecule has 0 saturated carbocycles. The molecule has 0 bridgehead atoms. The summed E-state index contributed by atoms with van der Waals surface area (Å²) in [7, 11) is 0. The first-order chi connectivity index (χ1) is 9.78. The highest BCUT2D eigenvalue weighted by Crippen LogP contribution is 2.47. The lowest BCUT2D eigenvalue weighted by Gasteiger charge is -2.39. The van der Waals surface area contributed by atoms with Gasteiger partial charge in [0.2, 0.25) is 0 Å². The smallest absolute Gasteiger partial charge is 0.129 e. The van der Waals surface area contributed by atoms with E-state index in [1.807, 2.05) is 32.0 Å². The molecule has 1 saturated heterocycles. The van der Waals surface area contributed by atoms with Crippen LogP contribution in [0.1, 0.15) is 38.4 Å². The van der Waals surface area contributed by atoms with Crippen LogP contribution in [0.15, 0.2) is 18.2 Å². The summed E-state index contributed by atoms with van der Waals surface area (Å²) in [4.78, 5) is 0. The van der Waals surface area contributed by atoms with E-state index in [0.29, 0.717) is 13.2 Å².